The van der Waals surface area contributed by atoms with Crippen LogP contribution >= 0.6 is 23.2 Å². The molecule has 4 aromatic rings. The molecule has 202 valence electrons. The van der Waals surface area contributed by atoms with Crippen LogP contribution in [0.1, 0.15) is 29.8 Å². The molecule has 9 nitrogen and oxygen atoms in total. The standard InChI is InChI=1S/C27H23Cl2N3O6S.Na/c1-3-15-11-18(29)14-23(39(35,36)37)24(15)31-32-25-19-8-6-5-7-16(19)12-20(26(25)33)27(34)30-21-10-9-17(28)13-22(21)38-4-2;/h5-14,33H,3-4H2,1-2H3,(H,30,34)(H,35,36,37);/q;+1/p-1. The van der Waals surface area contributed by atoms with E-state index in [4.69, 9.17) is 27.9 Å². The number of fused-ring (bicyclic) bond motifs is 1. The molecule has 0 saturated carbocycles. The zero-order valence-electron chi connectivity index (χ0n) is 21.7. The summed E-state index contributed by atoms with van der Waals surface area (Å²) in [6.45, 7) is 3.85. The van der Waals surface area contributed by atoms with Gasteiger partial charge in [-0.15, -0.1) is 5.11 Å². The minimum absolute atomic E-state index is 0. The molecule has 0 aliphatic heterocycles. The van der Waals surface area contributed by atoms with E-state index in [1.165, 1.54) is 12.1 Å². The summed E-state index contributed by atoms with van der Waals surface area (Å²) in [5.74, 6) is -1.12. The van der Waals surface area contributed by atoms with Gasteiger partial charge in [0.05, 0.1) is 18.0 Å². The Labute approximate surface area is 263 Å². The molecule has 0 unspecified atom stereocenters. The van der Waals surface area contributed by atoms with Crippen LogP contribution in [0.5, 0.6) is 11.5 Å². The van der Waals surface area contributed by atoms with Gasteiger partial charge in [0.25, 0.3) is 16.0 Å². The number of nitrogens with one attached hydrogen (secondary N) is 1. The number of aryl methyl sites for hydroxylation is 1. The molecule has 0 aromatic heterocycles. The summed E-state index contributed by atoms with van der Waals surface area (Å²) in [6, 6.07) is 15.4. The van der Waals surface area contributed by atoms with Gasteiger partial charge in [0, 0.05) is 27.1 Å². The van der Waals surface area contributed by atoms with E-state index in [0.717, 1.165) is 6.07 Å². The van der Waals surface area contributed by atoms with Crippen molar-refractivity contribution in [3.05, 3.63) is 81.8 Å². The van der Waals surface area contributed by atoms with Gasteiger partial charge in [0.15, 0.2) is 0 Å². The second-order valence-electron chi connectivity index (χ2n) is 8.29. The van der Waals surface area contributed by atoms with Crippen molar-refractivity contribution in [3.8, 4) is 11.5 Å². The third-order valence-electron chi connectivity index (χ3n) is 5.74. The molecule has 0 radical (unpaired) electrons. The van der Waals surface area contributed by atoms with Crippen LogP contribution in [0.3, 0.4) is 0 Å². The number of nitrogens with zero attached hydrogens (tertiary/aromatic N) is 2. The number of azo groups is 1. The fourth-order valence-electron chi connectivity index (χ4n) is 3.95. The van der Waals surface area contributed by atoms with Crippen LogP contribution in [0.25, 0.3) is 10.8 Å². The Hall–Kier alpha value is -2.70. The molecule has 4 rings (SSSR count). The first-order valence-corrected chi connectivity index (χ1v) is 13.9. The third-order valence-corrected chi connectivity index (χ3v) is 7.06. The number of anilines is 1. The Kier molecular flexibility index (Phi) is 10.6. The smallest absolute Gasteiger partial charge is 0.870 e. The Morgan fingerprint density at radius 2 is 1.70 bits per heavy atom. The van der Waals surface area contributed by atoms with Gasteiger partial charge >= 0.3 is 29.6 Å². The predicted molar refractivity (Wildman–Crippen MR) is 149 cm³/mol. The van der Waals surface area contributed by atoms with Crippen molar-refractivity contribution in [2.75, 3.05) is 11.9 Å². The molecular weight excluding hydrogens is 588 g/mol. The average Bonchev–Trinajstić information content (AvgIpc) is 2.89. The molecule has 0 saturated heterocycles. The summed E-state index contributed by atoms with van der Waals surface area (Å²) in [6.07, 6.45) is 0.314. The van der Waals surface area contributed by atoms with E-state index in [1.807, 2.05) is 0 Å². The molecule has 0 heterocycles. The van der Waals surface area contributed by atoms with E-state index >= 15 is 0 Å². The summed E-state index contributed by atoms with van der Waals surface area (Å²) in [5, 5.41) is 25.8. The van der Waals surface area contributed by atoms with Gasteiger partial charge < -0.3 is 15.2 Å². The topological polar surface area (TPSA) is 140 Å². The van der Waals surface area contributed by atoms with Crippen molar-refractivity contribution in [3.63, 3.8) is 0 Å². The molecule has 0 atom stereocenters. The van der Waals surface area contributed by atoms with Gasteiger partial charge in [-0.25, -0.2) is 0 Å². The van der Waals surface area contributed by atoms with Crippen LogP contribution in [0.2, 0.25) is 10.0 Å². The largest absolute Gasteiger partial charge is 1.00 e. The molecule has 4 aromatic carbocycles. The Bertz CT molecular complexity index is 1730. The van der Waals surface area contributed by atoms with E-state index in [2.05, 4.69) is 15.5 Å². The molecule has 0 fully saturated rings. The van der Waals surface area contributed by atoms with Crippen molar-refractivity contribution < 1.29 is 57.2 Å². The van der Waals surface area contributed by atoms with Gasteiger partial charge in [0.2, 0.25) is 0 Å². The van der Waals surface area contributed by atoms with Gasteiger partial charge in [0.1, 0.15) is 16.3 Å². The van der Waals surface area contributed by atoms with Crippen LogP contribution in [0, 0.1) is 0 Å². The number of benzene rings is 4. The van der Waals surface area contributed by atoms with E-state index in [9.17, 15) is 22.9 Å². The van der Waals surface area contributed by atoms with E-state index < -0.39 is 26.7 Å². The Morgan fingerprint density at radius 1 is 1.00 bits per heavy atom. The van der Waals surface area contributed by atoms with Gasteiger partial charge in [-0.3, -0.25) is 9.35 Å². The molecule has 40 heavy (non-hydrogen) atoms. The summed E-state index contributed by atoms with van der Waals surface area (Å²) in [4.78, 5) is 12.7. The van der Waals surface area contributed by atoms with E-state index in [1.54, 1.807) is 56.3 Å². The first-order chi connectivity index (χ1) is 18.5. The van der Waals surface area contributed by atoms with Crippen molar-refractivity contribution in [2.24, 2.45) is 10.2 Å². The number of halogens is 2. The maximum atomic E-state index is 13.5. The van der Waals surface area contributed by atoms with Crippen LogP contribution in [-0.4, -0.2) is 25.5 Å². The number of hydrogen-bond acceptors (Lipinski definition) is 7. The first-order valence-electron chi connectivity index (χ1n) is 11.7. The predicted octanol–water partition coefficient (Wildman–Crippen LogP) is 4.10. The van der Waals surface area contributed by atoms with Crippen LogP contribution in [0.15, 0.2) is 75.8 Å². The first kappa shape index (κ1) is 31.8. The number of amides is 1. The van der Waals surface area contributed by atoms with Gasteiger partial charge in [-0.05, 0) is 54.6 Å². The van der Waals surface area contributed by atoms with Crippen molar-refractivity contribution in [1.29, 1.82) is 0 Å². The fraction of sp³-hybridized carbons (Fsp3) is 0.148. The zero-order valence-corrected chi connectivity index (χ0v) is 26.1. The number of hydrogen-bond donors (Lipinski definition) is 2. The van der Waals surface area contributed by atoms with Crippen molar-refractivity contribution in [1.82, 2.24) is 0 Å². The van der Waals surface area contributed by atoms with E-state index in [-0.39, 0.29) is 51.5 Å². The maximum Gasteiger partial charge on any atom is 1.00 e. The molecular formula is C27H22Cl2N3NaO6S. The normalized spacial score (nSPS) is 11.4. The fourth-order valence-corrected chi connectivity index (χ4v) is 5.11. The van der Waals surface area contributed by atoms with Crippen molar-refractivity contribution in [2.45, 2.75) is 25.2 Å². The Morgan fingerprint density at radius 3 is 2.38 bits per heavy atom. The minimum Gasteiger partial charge on any atom is -0.870 e. The minimum atomic E-state index is -4.72. The summed E-state index contributed by atoms with van der Waals surface area (Å²) < 4.78 is 39.4. The number of carbonyl (C=O) groups excluding carboxylic acids is 1. The van der Waals surface area contributed by atoms with Gasteiger partial charge in [-0.2, -0.15) is 13.5 Å². The monoisotopic (exact) mass is 609 g/mol. The van der Waals surface area contributed by atoms with Crippen LogP contribution in [-0.2, 0) is 16.5 Å². The summed E-state index contributed by atoms with van der Waals surface area (Å²) >= 11 is 12.1. The van der Waals surface area contributed by atoms with Crippen LogP contribution < -0.4 is 44.7 Å². The third kappa shape index (κ3) is 6.95. The summed E-state index contributed by atoms with van der Waals surface area (Å²) in [7, 11) is -4.72. The molecule has 0 aliphatic rings. The second kappa shape index (κ2) is 13.3. The molecule has 0 aliphatic carbocycles. The number of rotatable bonds is 8. The SMILES string of the molecule is CCOc1cc(Cl)ccc1NC(=O)c1cc2ccccc2c(N=Nc2c(CC)cc(Cl)cc2S(=O)(=O)O)c1[O-].[Na+]. The second-order valence-corrected chi connectivity index (χ2v) is 10.6. The molecule has 1 amide bonds. The molecule has 2 N–H and O–H groups in total. The quantitative estimate of drug-likeness (QED) is 0.175. The van der Waals surface area contributed by atoms with E-state index in [0.29, 0.717) is 45.8 Å². The zero-order chi connectivity index (χ0) is 28.3. The Balaban J connectivity index is 0.00000441. The summed E-state index contributed by atoms with van der Waals surface area (Å²) in [5.41, 5.74) is 0.133. The molecule has 0 bridgehead atoms. The number of carbonyl (C=O) groups is 1. The molecule has 0 spiro atoms. The maximum absolute atomic E-state index is 13.5. The number of ether oxygens (including phenoxy) is 1. The average molecular weight is 610 g/mol. The molecule has 13 heteroatoms. The van der Waals surface area contributed by atoms with Crippen LogP contribution in [0.4, 0.5) is 17.1 Å². The van der Waals surface area contributed by atoms with Crippen molar-refractivity contribution >= 4 is 67.1 Å². The van der Waals surface area contributed by atoms with Gasteiger partial charge in [-0.1, -0.05) is 60.1 Å².